The Bertz CT molecular complexity index is 796. The van der Waals surface area contributed by atoms with Crippen molar-refractivity contribution < 1.29 is 18.3 Å². The Kier molecular flexibility index (Phi) is 5.88. The van der Waals surface area contributed by atoms with E-state index in [1.165, 1.54) is 6.07 Å². The van der Waals surface area contributed by atoms with E-state index in [0.717, 1.165) is 35.6 Å². The van der Waals surface area contributed by atoms with Gasteiger partial charge in [0.2, 0.25) is 6.79 Å². The molecular formula is C19H21F2N3O2. The number of guanidine groups is 1. The largest absolute Gasteiger partial charge is 0.454 e. The zero-order valence-corrected chi connectivity index (χ0v) is 14.5. The molecule has 5 nitrogen and oxygen atoms in total. The SMILES string of the molecule is CN=C(NCCc1ccc2c(c1)OCO2)NCCc1cc(F)ccc1F. The molecule has 1 heterocycles. The van der Waals surface area contributed by atoms with E-state index in [1.54, 1.807) is 7.05 Å². The molecule has 0 amide bonds. The molecular weight excluding hydrogens is 340 g/mol. The first-order valence-corrected chi connectivity index (χ1v) is 8.42. The van der Waals surface area contributed by atoms with E-state index >= 15 is 0 Å². The van der Waals surface area contributed by atoms with Crippen LogP contribution >= 0.6 is 0 Å². The molecule has 0 bridgehead atoms. The van der Waals surface area contributed by atoms with Crippen molar-refractivity contribution in [2.24, 2.45) is 4.99 Å². The third-order valence-electron chi connectivity index (χ3n) is 4.06. The molecule has 0 aliphatic carbocycles. The van der Waals surface area contributed by atoms with Gasteiger partial charge < -0.3 is 20.1 Å². The quantitative estimate of drug-likeness (QED) is 0.614. The first kappa shape index (κ1) is 18.0. The molecule has 0 saturated carbocycles. The van der Waals surface area contributed by atoms with Gasteiger partial charge in [-0.05, 0) is 54.3 Å². The zero-order valence-electron chi connectivity index (χ0n) is 14.5. The third-order valence-corrected chi connectivity index (χ3v) is 4.06. The fourth-order valence-corrected chi connectivity index (χ4v) is 2.69. The lowest BCUT2D eigenvalue weighted by Crippen LogP contribution is -2.39. The molecule has 138 valence electrons. The number of hydrogen-bond donors (Lipinski definition) is 2. The van der Waals surface area contributed by atoms with Crippen LogP contribution in [-0.4, -0.2) is 32.9 Å². The second-order valence-electron chi connectivity index (χ2n) is 5.85. The van der Waals surface area contributed by atoms with Crippen LogP contribution in [0.2, 0.25) is 0 Å². The normalized spacial score (nSPS) is 13.0. The molecule has 2 aromatic carbocycles. The van der Waals surface area contributed by atoms with E-state index in [1.807, 2.05) is 18.2 Å². The summed E-state index contributed by atoms with van der Waals surface area (Å²) < 4.78 is 37.4. The minimum Gasteiger partial charge on any atom is -0.454 e. The van der Waals surface area contributed by atoms with E-state index in [4.69, 9.17) is 9.47 Å². The van der Waals surface area contributed by atoms with Gasteiger partial charge in [0.1, 0.15) is 11.6 Å². The number of benzene rings is 2. The molecule has 7 heteroatoms. The van der Waals surface area contributed by atoms with Crippen molar-refractivity contribution >= 4 is 5.96 Å². The number of nitrogens with one attached hydrogen (secondary N) is 2. The van der Waals surface area contributed by atoms with Crippen LogP contribution in [0.4, 0.5) is 8.78 Å². The molecule has 3 rings (SSSR count). The highest BCUT2D eigenvalue weighted by molar-refractivity contribution is 5.79. The fourth-order valence-electron chi connectivity index (χ4n) is 2.69. The summed E-state index contributed by atoms with van der Waals surface area (Å²) >= 11 is 0. The van der Waals surface area contributed by atoms with E-state index in [-0.39, 0.29) is 6.79 Å². The highest BCUT2D eigenvalue weighted by Gasteiger charge is 2.13. The number of nitrogens with zero attached hydrogens (tertiary/aromatic N) is 1. The van der Waals surface area contributed by atoms with Crippen LogP contribution in [0.1, 0.15) is 11.1 Å². The molecule has 0 spiro atoms. The van der Waals surface area contributed by atoms with Crippen LogP contribution in [0.15, 0.2) is 41.4 Å². The maximum absolute atomic E-state index is 13.6. The topological polar surface area (TPSA) is 54.9 Å². The van der Waals surface area contributed by atoms with E-state index < -0.39 is 11.6 Å². The average molecular weight is 361 g/mol. The Morgan fingerprint density at radius 1 is 1.00 bits per heavy atom. The van der Waals surface area contributed by atoms with E-state index in [9.17, 15) is 8.78 Å². The molecule has 1 aliphatic heterocycles. The second kappa shape index (κ2) is 8.51. The summed E-state index contributed by atoms with van der Waals surface area (Å²) in [6.45, 7) is 1.39. The molecule has 0 aromatic heterocycles. The predicted octanol–water partition coefficient (Wildman–Crippen LogP) is 2.64. The Hall–Kier alpha value is -2.83. The number of ether oxygens (including phenoxy) is 2. The van der Waals surface area contributed by atoms with Crippen molar-refractivity contribution in [2.75, 3.05) is 26.9 Å². The minimum absolute atomic E-state index is 0.263. The van der Waals surface area contributed by atoms with Gasteiger partial charge in [-0.15, -0.1) is 0 Å². The summed E-state index contributed by atoms with van der Waals surface area (Å²) in [5.41, 5.74) is 1.47. The molecule has 0 radical (unpaired) electrons. The van der Waals surface area contributed by atoms with Gasteiger partial charge in [-0.2, -0.15) is 0 Å². The molecule has 2 aromatic rings. The summed E-state index contributed by atoms with van der Waals surface area (Å²) in [6.07, 6.45) is 1.16. The monoisotopic (exact) mass is 361 g/mol. The highest BCUT2D eigenvalue weighted by atomic mass is 19.1. The van der Waals surface area contributed by atoms with E-state index in [2.05, 4.69) is 15.6 Å². The van der Waals surface area contributed by atoms with Gasteiger partial charge in [-0.1, -0.05) is 6.07 Å². The molecule has 0 unspecified atom stereocenters. The standard InChI is InChI=1S/C19H21F2N3O2/c1-22-19(24-9-7-14-11-15(20)3-4-16(14)21)23-8-6-13-2-5-17-18(10-13)26-12-25-17/h2-5,10-11H,6-9,12H2,1H3,(H2,22,23,24). The summed E-state index contributed by atoms with van der Waals surface area (Å²) in [5.74, 6) is 1.31. The predicted molar refractivity (Wildman–Crippen MR) is 95.7 cm³/mol. The van der Waals surface area contributed by atoms with Crippen LogP contribution in [0.5, 0.6) is 11.5 Å². The summed E-state index contributed by atoms with van der Waals surface area (Å²) in [5, 5.41) is 6.29. The smallest absolute Gasteiger partial charge is 0.231 e. The molecule has 0 fully saturated rings. The molecule has 1 aliphatic rings. The van der Waals surface area contributed by atoms with Crippen molar-refractivity contribution in [3.05, 3.63) is 59.2 Å². The van der Waals surface area contributed by atoms with Crippen LogP contribution in [-0.2, 0) is 12.8 Å². The van der Waals surface area contributed by atoms with Gasteiger partial charge >= 0.3 is 0 Å². The van der Waals surface area contributed by atoms with Crippen LogP contribution in [0.3, 0.4) is 0 Å². The fraction of sp³-hybridized carbons (Fsp3) is 0.316. The Morgan fingerprint density at radius 3 is 2.58 bits per heavy atom. The zero-order chi connectivity index (χ0) is 18.4. The first-order valence-electron chi connectivity index (χ1n) is 8.42. The average Bonchev–Trinajstić information content (AvgIpc) is 3.11. The lowest BCUT2D eigenvalue weighted by Gasteiger charge is -2.12. The minimum atomic E-state index is -0.437. The lowest BCUT2D eigenvalue weighted by atomic mass is 10.1. The van der Waals surface area contributed by atoms with Gasteiger partial charge in [0.15, 0.2) is 17.5 Å². The third kappa shape index (κ3) is 4.62. The summed E-state index contributed by atoms with van der Waals surface area (Å²) in [7, 11) is 1.67. The van der Waals surface area contributed by atoms with Gasteiger partial charge in [0.25, 0.3) is 0 Å². The van der Waals surface area contributed by atoms with Crippen molar-refractivity contribution in [3.8, 4) is 11.5 Å². The van der Waals surface area contributed by atoms with E-state index in [0.29, 0.717) is 31.0 Å². The van der Waals surface area contributed by atoms with Gasteiger partial charge in [-0.3, -0.25) is 4.99 Å². The number of halogens is 2. The van der Waals surface area contributed by atoms with Gasteiger partial charge in [0.05, 0.1) is 0 Å². The highest BCUT2D eigenvalue weighted by Crippen LogP contribution is 2.32. The molecule has 26 heavy (non-hydrogen) atoms. The first-order chi connectivity index (χ1) is 12.7. The number of rotatable bonds is 6. The van der Waals surface area contributed by atoms with Crippen molar-refractivity contribution in [2.45, 2.75) is 12.8 Å². The second-order valence-corrected chi connectivity index (χ2v) is 5.85. The number of fused-ring (bicyclic) bond motifs is 1. The van der Waals surface area contributed by atoms with Crippen LogP contribution in [0, 0.1) is 11.6 Å². The summed E-state index contributed by atoms with van der Waals surface area (Å²) in [4.78, 5) is 4.13. The number of aliphatic imine (C=N–C) groups is 1. The maximum Gasteiger partial charge on any atom is 0.231 e. The van der Waals surface area contributed by atoms with Crippen LogP contribution in [0.25, 0.3) is 0 Å². The Morgan fingerprint density at radius 2 is 1.77 bits per heavy atom. The summed E-state index contributed by atoms with van der Waals surface area (Å²) in [6, 6.07) is 9.34. The maximum atomic E-state index is 13.6. The Balaban J connectivity index is 1.43. The van der Waals surface area contributed by atoms with Gasteiger partial charge in [-0.25, -0.2) is 8.78 Å². The van der Waals surface area contributed by atoms with Crippen molar-refractivity contribution in [1.29, 1.82) is 0 Å². The van der Waals surface area contributed by atoms with Crippen molar-refractivity contribution in [3.63, 3.8) is 0 Å². The lowest BCUT2D eigenvalue weighted by molar-refractivity contribution is 0.174. The molecule has 0 saturated heterocycles. The van der Waals surface area contributed by atoms with Crippen LogP contribution < -0.4 is 20.1 Å². The molecule has 2 N–H and O–H groups in total. The number of hydrogen-bond acceptors (Lipinski definition) is 3. The molecule has 0 atom stereocenters. The van der Waals surface area contributed by atoms with Gasteiger partial charge in [0, 0.05) is 20.1 Å². The Labute approximate surface area is 151 Å². The van der Waals surface area contributed by atoms with Crippen molar-refractivity contribution in [1.82, 2.24) is 10.6 Å².